The number of aromatic nitrogens is 1. The van der Waals surface area contributed by atoms with Crippen molar-refractivity contribution in [3.05, 3.63) is 36.2 Å². The van der Waals surface area contributed by atoms with Crippen molar-refractivity contribution in [2.75, 3.05) is 27.2 Å². The van der Waals surface area contributed by atoms with Crippen LogP contribution in [0.1, 0.15) is 23.3 Å². The summed E-state index contributed by atoms with van der Waals surface area (Å²) < 4.78 is 32.5. The highest BCUT2D eigenvalue weighted by Gasteiger charge is 2.30. The molecule has 0 amide bonds. The molecule has 1 aliphatic heterocycles. The van der Waals surface area contributed by atoms with Crippen LogP contribution in [0.15, 0.2) is 35.4 Å². The topological polar surface area (TPSA) is 88.6 Å². The molecule has 0 unspecified atom stereocenters. The Hall–Kier alpha value is -1.74. The summed E-state index contributed by atoms with van der Waals surface area (Å²) in [6.07, 6.45) is 2.98. The molecule has 2 heterocycles. The summed E-state index contributed by atoms with van der Waals surface area (Å²) in [7, 11) is -0.481. The number of nitrogens with zero attached hydrogens (tertiary/aromatic N) is 2. The third-order valence-electron chi connectivity index (χ3n) is 4.62. The Kier molecular flexibility index (Phi) is 6.57. The summed E-state index contributed by atoms with van der Waals surface area (Å²) in [5.74, 6) is -0.588. The minimum atomic E-state index is -3.64. The molecule has 7 nitrogen and oxygen atoms in total. The fraction of sp³-hybridized carbons (Fsp3) is 0.412. The number of hydrogen-bond donors (Lipinski definition) is 1. The van der Waals surface area contributed by atoms with E-state index < -0.39 is 16.0 Å². The maximum atomic E-state index is 13.1. The number of carbonyl (C=O) groups excluding carboxylic acids is 1. The summed E-state index contributed by atoms with van der Waals surface area (Å²) in [5.41, 5.74) is 0.117. The van der Waals surface area contributed by atoms with E-state index in [1.165, 1.54) is 17.6 Å². The molecule has 0 radical (unpaired) electrons. The molecule has 0 saturated carbocycles. The Labute approximate surface area is 159 Å². The van der Waals surface area contributed by atoms with Gasteiger partial charge >= 0.3 is 5.97 Å². The van der Waals surface area contributed by atoms with E-state index >= 15 is 0 Å². The van der Waals surface area contributed by atoms with Gasteiger partial charge in [0.2, 0.25) is 10.0 Å². The molecule has 1 aromatic heterocycles. The number of ether oxygens (including phenoxy) is 1. The Bertz CT molecular complexity index is 896. The first-order chi connectivity index (χ1) is 12.0. The molecule has 1 aromatic carbocycles. The van der Waals surface area contributed by atoms with E-state index in [1.54, 1.807) is 24.3 Å². The zero-order valence-corrected chi connectivity index (χ0v) is 16.3. The smallest absolute Gasteiger partial charge is 0.357 e. The van der Waals surface area contributed by atoms with Crippen LogP contribution in [0, 0.1) is 0 Å². The lowest BCUT2D eigenvalue weighted by molar-refractivity contribution is 0.0596. The number of rotatable bonds is 4. The molecule has 26 heavy (non-hydrogen) atoms. The largest absolute Gasteiger partial charge is 0.464 e. The first kappa shape index (κ1) is 20.6. The van der Waals surface area contributed by atoms with Crippen LogP contribution in [0.3, 0.4) is 0 Å². The van der Waals surface area contributed by atoms with E-state index in [0.717, 1.165) is 12.8 Å². The van der Waals surface area contributed by atoms with Crippen molar-refractivity contribution in [3.8, 4) is 0 Å². The van der Waals surface area contributed by atoms with Gasteiger partial charge in [-0.1, -0.05) is 12.1 Å². The number of pyridine rings is 1. The number of nitrogens with one attached hydrogen (secondary N) is 1. The van der Waals surface area contributed by atoms with Gasteiger partial charge in [0.15, 0.2) is 5.69 Å². The summed E-state index contributed by atoms with van der Waals surface area (Å²) in [5, 5.41) is 4.14. The Balaban J connectivity index is 0.00000243. The van der Waals surface area contributed by atoms with Gasteiger partial charge in [-0.15, -0.1) is 12.4 Å². The predicted octanol–water partition coefficient (Wildman–Crippen LogP) is 1.82. The second-order valence-corrected chi connectivity index (χ2v) is 7.88. The van der Waals surface area contributed by atoms with Crippen molar-refractivity contribution in [2.45, 2.75) is 23.8 Å². The standard InChI is InChI=1S/C17H21N3O4S.ClH/c1-18-12-7-10-20(11-8-12)25(22,23)15-5-3-4-14-13(15)6-9-19-16(14)17(21)24-2;/h3-6,9,12,18H,7-8,10-11H2,1-2H3;1H. The number of carbonyl (C=O) groups is 1. The molecule has 0 aliphatic carbocycles. The van der Waals surface area contributed by atoms with Gasteiger partial charge in [0.1, 0.15) is 0 Å². The second-order valence-electron chi connectivity index (χ2n) is 5.97. The molecule has 142 valence electrons. The minimum Gasteiger partial charge on any atom is -0.464 e. The van der Waals surface area contributed by atoms with E-state index in [0.29, 0.717) is 29.9 Å². The van der Waals surface area contributed by atoms with Crippen LogP contribution in [0.25, 0.3) is 10.8 Å². The zero-order valence-electron chi connectivity index (χ0n) is 14.6. The number of benzene rings is 1. The molecule has 2 aromatic rings. The molecule has 1 fully saturated rings. The van der Waals surface area contributed by atoms with Crippen molar-refractivity contribution in [1.29, 1.82) is 0 Å². The summed E-state index contributed by atoms with van der Waals surface area (Å²) >= 11 is 0. The number of hydrogen-bond acceptors (Lipinski definition) is 6. The number of methoxy groups -OCH3 is 1. The monoisotopic (exact) mass is 399 g/mol. The van der Waals surface area contributed by atoms with Crippen molar-refractivity contribution >= 4 is 39.2 Å². The molecule has 9 heteroatoms. The van der Waals surface area contributed by atoms with Crippen molar-refractivity contribution in [1.82, 2.24) is 14.6 Å². The minimum absolute atomic E-state index is 0. The maximum absolute atomic E-state index is 13.1. The normalized spacial score (nSPS) is 16.2. The lowest BCUT2D eigenvalue weighted by Crippen LogP contribution is -2.43. The van der Waals surface area contributed by atoms with Crippen molar-refractivity contribution in [3.63, 3.8) is 0 Å². The van der Waals surface area contributed by atoms with Crippen LogP contribution in [-0.4, -0.2) is 57.0 Å². The van der Waals surface area contributed by atoms with E-state index in [4.69, 9.17) is 4.74 Å². The number of esters is 1. The van der Waals surface area contributed by atoms with Crippen molar-refractivity contribution in [2.24, 2.45) is 0 Å². The molecular weight excluding hydrogens is 378 g/mol. The van der Waals surface area contributed by atoms with Gasteiger partial charge in [0, 0.05) is 36.1 Å². The molecule has 1 N–H and O–H groups in total. The lowest BCUT2D eigenvalue weighted by atomic mass is 10.1. The van der Waals surface area contributed by atoms with E-state index in [9.17, 15) is 13.2 Å². The van der Waals surface area contributed by atoms with E-state index in [1.807, 2.05) is 7.05 Å². The molecule has 1 saturated heterocycles. The van der Waals surface area contributed by atoms with Crippen LogP contribution in [-0.2, 0) is 14.8 Å². The van der Waals surface area contributed by atoms with Crippen LogP contribution in [0.2, 0.25) is 0 Å². The second kappa shape index (κ2) is 8.30. The summed E-state index contributed by atoms with van der Waals surface area (Å²) in [6, 6.07) is 6.84. The van der Waals surface area contributed by atoms with E-state index in [2.05, 4.69) is 10.3 Å². The van der Waals surface area contributed by atoms with Gasteiger partial charge < -0.3 is 10.1 Å². The highest BCUT2D eigenvalue weighted by Crippen LogP contribution is 2.29. The van der Waals surface area contributed by atoms with Gasteiger partial charge in [-0.05, 0) is 32.0 Å². The SMILES string of the molecule is CNC1CCN(S(=O)(=O)c2cccc3c(C(=O)OC)nccc23)CC1.Cl. The lowest BCUT2D eigenvalue weighted by Gasteiger charge is -2.31. The van der Waals surface area contributed by atoms with Gasteiger partial charge in [0.05, 0.1) is 12.0 Å². The molecule has 0 bridgehead atoms. The average molecular weight is 400 g/mol. The zero-order chi connectivity index (χ0) is 18.0. The summed E-state index contributed by atoms with van der Waals surface area (Å²) in [4.78, 5) is 16.1. The Morgan fingerprint density at radius 1 is 1.23 bits per heavy atom. The molecular formula is C17H22ClN3O4S. The Morgan fingerprint density at radius 2 is 1.92 bits per heavy atom. The van der Waals surface area contributed by atoms with E-state index in [-0.39, 0.29) is 23.0 Å². The number of fused-ring (bicyclic) bond motifs is 1. The maximum Gasteiger partial charge on any atom is 0.357 e. The highest BCUT2D eigenvalue weighted by atomic mass is 35.5. The number of sulfonamides is 1. The molecule has 3 rings (SSSR count). The number of piperidine rings is 1. The third kappa shape index (κ3) is 3.68. The van der Waals surface area contributed by atoms with Gasteiger partial charge in [-0.3, -0.25) is 0 Å². The van der Waals surface area contributed by atoms with Gasteiger partial charge in [-0.25, -0.2) is 18.2 Å². The highest BCUT2D eigenvalue weighted by molar-refractivity contribution is 7.89. The third-order valence-corrected chi connectivity index (χ3v) is 6.58. The fourth-order valence-corrected chi connectivity index (χ4v) is 4.86. The fourth-order valence-electron chi connectivity index (χ4n) is 3.19. The molecule has 1 aliphatic rings. The van der Waals surface area contributed by atoms with Crippen molar-refractivity contribution < 1.29 is 17.9 Å². The first-order valence-corrected chi connectivity index (χ1v) is 9.56. The van der Waals surface area contributed by atoms with Gasteiger partial charge in [0.25, 0.3) is 0 Å². The molecule has 0 spiro atoms. The average Bonchev–Trinajstić information content (AvgIpc) is 2.66. The quantitative estimate of drug-likeness (QED) is 0.789. The number of halogens is 1. The van der Waals surface area contributed by atoms with Crippen LogP contribution in [0.4, 0.5) is 0 Å². The van der Waals surface area contributed by atoms with Crippen LogP contribution in [0.5, 0.6) is 0 Å². The summed E-state index contributed by atoms with van der Waals surface area (Å²) in [6.45, 7) is 0.943. The van der Waals surface area contributed by atoms with Crippen LogP contribution >= 0.6 is 12.4 Å². The van der Waals surface area contributed by atoms with Crippen LogP contribution < -0.4 is 5.32 Å². The predicted molar refractivity (Wildman–Crippen MR) is 101 cm³/mol. The molecule has 0 atom stereocenters. The van der Waals surface area contributed by atoms with Gasteiger partial charge in [-0.2, -0.15) is 4.31 Å². The first-order valence-electron chi connectivity index (χ1n) is 8.12. The Morgan fingerprint density at radius 3 is 2.54 bits per heavy atom.